The van der Waals surface area contributed by atoms with Gasteiger partial charge in [-0.2, -0.15) is 0 Å². The van der Waals surface area contributed by atoms with Crippen molar-refractivity contribution >= 4 is 0 Å². The van der Waals surface area contributed by atoms with Gasteiger partial charge in [-0.1, -0.05) is 0 Å². The second kappa shape index (κ2) is 5.08. The molecule has 0 bridgehead atoms. The first-order valence-corrected chi connectivity index (χ1v) is 4.44. The van der Waals surface area contributed by atoms with Crippen LogP contribution in [-0.4, -0.2) is 14.2 Å². The molecule has 0 atom stereocenters. The topological polar surface area (TPSA) is 18.5 Å². The van der Waals surface area contributed by atoms with Crippen molar-refractivity contribution in [2.75, 3.05) is 14.2 Å². The lowest BCUT2D eigenvalue weighted by atomic mass is 10.0. The van der Waals surface area contributed by atoms with Gasteiger partial charge in [0.2, 0.25) is 0 Å². The SMILES string of the molecule is COCc1cc(F)cc(C)c1COC. The highest BCUT2D eigenvalue weighted by Crippen LogP contribution is 2.18. The van der Waals surface area contributed by atoms with Gasteiger partial charge < -0.3 is 9.47 Å². The number of hydrogen-bond donors (Lipinski definition) is 0. The van der Waals surface area contributed by atoms with E-state index in [1.54, 1.807) is 14.2 Å². The fraction of sp³-hybridized carbons (Fsp3) is 0.455. The predicted molar refractivity (Wildman–Crippen MR) is 52.6 cm³/mol. The quantitative estimate of drug-likeness (QED) is 0.739. The van der Waals surface area contributed by atoms with Crippen molar-refractivity contribution in [2.45, 2.75) is 20.1 Å². The second-order valence-electron chi connectivity index (χ2n) is 3.23. The lowest BCUT2D eigenvalue weighted by Crippen LogP contribution is -2.01. The Hall–Kier alpha value is -0.930. The Kier molecular flexibility index (Phi) is 4.04. The summed E-state index contributed by atoms with van der Waals surface area (Å²) < 4.78 is 23.1. The molecule has 3 heteroatoms. The number of hydrogen-bond acceptors (Lipinski definition) is 2. The molecule has 1 aromatic rings. The maximum absolute atomic E-state index is 13.1. The molecule has 0 spiro atoms. The van der Waals surface area contributed by atoms with E-state index in [0.29, 0.717) is 13.2 Å². The number of rotatable bonds is 4. The molecule has 2 nitrogen and oxygen atoms in total. The van der Waals surface area contributed by atoms with E-state index >= 15 is 0 Å². The lowest BCUT2D eigenvalue weighted by Gasteiger charge is -2.11. The van der Waals surface area contributed by atoms with Crippen molar-refractivity contribution in [1.82, 2.24) is 0 Å². The van der Waals surface area contributed by atoms with Crippen molar-refractivity contribution in [1.29, 1.82) is 0 Å². The third-order valence-corrected chi connectivity index (χ3v) is 2.12. The summed E-state index contributed by atoms with van der Waals surface area (Å²) in [5.74, 6) is -0.227. The van der Waals surface area contributed by atoms with Crippen LogP contribution in [0.2, 0.25) is 0 Å². The van der Waals surface area contributed by atoms with Crippen molar-refractivity contribution in [3.05, 3.63) is 34.6 Å². The number of benzene rings is 1. The zero-order valence-corrected chi connectivity index (χ0v) is 8.76. The van der Waals surface area contributed by atoms with Crippen molar-refractivity contribution in [3.63, 3.8) is 0 Å². The van der Waals surface area contributed by atoms with Crippen LogP contribution in [0.1, 0.15) is 16.7 Å². The van der Waals surface area contributed by atoms with Gasteiger partial charge in [0.15, 0.2) is 0 Å². The van der Waals surface area contributed by atoms with Crippen LogP contribution in [0.5, 0.6) is 0 Å². The van der Waals surface area contributed by atoms with Gasteiger partial charge >= 0.3 is 0 Å². The van der Waals surface area contributed by atoms with E-state index in [0.717, 1.165) is 16.7 Å². The van der Waals surface area contributed by atoms with Crippen LogP contribution in [0.3, 0.4) is 0 Å². The minimum atomic E-state index is -0.227. The maximum Gasteiger partial charge on any atom is 0.123 e. The van der Waals surface area contributed by atoms with Gasteiger partial charge in [0, 0.05) is 14.2 Å². The molecule has 0 aliphatic heterocycles. The predicted octanol–water partition coefficient (Wildman–Crippen LogP) is 2.43. The summed E-state index contributed by atoms with van der Waals surface area (Å²) in [7, 11) is 3.22. The molecule has 0 radical (unpaired) electrons. The lowest BCUT2D eigenvalue weighted by molar-refractivity contribution is 0.167. The first kappa shape index (κ1) is 11.1. The molecule has 14 heavy (non-hydrogen) atoms. The molecule has 1 rings (SSSR count). The molecule has 0 saturated heterocycles. The van der Waals surface area contributed by atoms with E-state index in [9.17, 15) is 4.39 Å². The molecule has 0 aliphatic rings. The van der Waals surface area contributed by atoms with Crippen molar-refractivity contribution < 1.29 is 13.9 Å². The van der Waals surface area contributed by atoms with Crippen LogP contribution < -0.4 is 0 Å². The van der Waals surface area contributed by atoms with Gasteiger partial charge in [-0.25, -0.2) is 4.39 Å². The van der Waals surface area contributed by atoms with E-state index in [1.165, 1.54) is 12.1 Å². The van der Waals surface area contributed by atoms with Crippen LogP contribution in [0, 0.1) is 12.7 Å². The normalized spacial score (nSPS) is 10.6. The van der Waals surface area contributed by atoms with Crippen molar-refractivity contribution in [2.24, 2.45) is 0 Å². The van der Waals surface area contributed by atoms with E-state index in [1.807, 2.05) is 6.92 Å². The first-order valence-electron chi connectivity index (χ1n) is 4.44. The highest BCUT2D eigenvalue weighted by molar-refractivity contribution is 5.34. The summed E-state index contributed by atoms with van der Waals surface area (Å²) in [6.45, 7) is 2.78. The monoisotopic (exact) mass is 198 g/mol. The summed E-state index contributed by atoms with van der Waals surface area (Å²) in [4.78, 5) is 0. The van der Waals surface area contributed by atoms with Gasteiger partial charge in [0.05, 0.1) is 13.2 Å². The minimum Gasteiger partial charge on any atom is -0.380 e. The molecule has 0 heterocycles. The van der Waals surface area contributed by atoms with Crippen LogP contribution in [-0.2, 0) is 22.7 Å². The molecule has 0 fully saturated rings. The Morgan fingerprint density at radius 3 is 2.36 bits per heavy atom. The van der Waals surface area contributed by atoms with Crippen molar-refractivity contribution in [3.8, 4) is 0 Å². The average molecular weight is 198 g/mol. The molecule has 0 unspecified atom stereocenters. The Morgan fingerprint density at radius 1 is 1.14 bits per heavy atom. The van der Waals surface area contributed by atoms with Gasteiger partial charge in [0.1, 0.15) is 5.82 Å². The first-order chi connectivity index (χ1) is 6.69. The molecule has 78 valence electrons. The smallest absolute Gasteiger partial charge is 0.123 e. The summed E-state index contributed by atoms with van der Waals surface area (Å²) in [5.41, 5.74) is 2.77. The minimum absolute atomic E-state index is 0.227. The van der Waals surface area contributed by atoms with Gasteiger partial charge in [-0.3, -0.25) is 0 Å². The molecule has 1 aromatic carbocycles. The standard InChI is InChI=1S/C11H15FO2/c1-8-4-10(12)5-9(6-13-2)11(8)7-14-3/h4-5H,6-7H2,1-3H3. The van der Waals surface area contributed by atoms with E-state index in [4.69, 9.17) is 9.47 Å². The zero-order chi connectivity index (χ0) is 10.6. The highest BCUT2D eigenvalue weighted by Gasteiger charge is 2.07. The molecule has 0 saturated carbocycles. The third-order valence-electron chi connectivity index (χ3n) is 2.12. The van der Waals surface area contributed by atoms with Gasteiger partial charge in [-0.15, -0.1) is 0 Å². The molecule has 0 aromatic heterocycles. The zero-order valence-electron chi connectivity index (χ0n) is 8.76. The van der Waals surface area contributed by atoms with E-state index in [2.05, 4.69) is 0 Å². The number of aryl methyl sites for hydroxylation is 1. The largest absolute Gasteiger partial charge is 0.380 e. The number of halogens is 1. The van der Waals surface area contributed by atoms with Gasteiger partial charge in [-0.05, 0) is 35.7 Å². The van der Waals surface area contributed by atoms with E-state index in [-0.39, 0.29) is 5.82 Å². The van der Waals surface area contributed by atoms with Gasteiger partial charge in [0.25, 0.3) is 0 Å². The van der Waals surface area contributed by atoms with Crippen LogP contribution in [0.25, 0.3) is 0 Å². The summed E-state index contributed by atoms with van der Waals surface area (Å²) in [6, 6.07) is 3.00. The van der Waals surface area contributed by atoms with Crippen LogP contribution >= 0.6 is 0 Å². The van der Waals surface area contributed by atoms with Crippen LogP contribution in [0.4, 0.5) is 4.39 Å². The molecule has 0 aliphatic carbocycles. The Labute approximate surface area is 83.6 Å². The number of methoxy groups -OCH3 is 2. The number of ether oxygens (including phenoxy) is 2. The average Bonchev–Trinajstić information content (AvgIpc) is 2.11. The highest BCUT2D eigenvalue weighted by atomic mass is 19.1. The summed E-state index contributed by atoms with van der Waals surface area (Å²) in [5, 5.41) is 0. The Bertz CT molecular complexity index is 310. The summed E-state index contributed by atoms with van der Waals surface area (Å²) >= 11 is 0. The maximum atomic E-state index is 13.1. The van der Waals surface area contributed by atoms with E-state index < -0.39 is 0 Å². The fourth-order valence-electron chi connectivity index (χ4n) is 1.48. The molecular weight excluding hydrogens is 183 g/mol. The molecular formula is C11H15FO2. The Balaban J connectivity index is 3.07. The Morgan fingerprint density at radius 2 is 1.79 bits per heavy atom. The fourth-order valence-corrected chi connectivity index (χ4v) is 1.48. The second-order valence-corrected chi connectivity index (χ2v) is 3.23. The van der Waals surface area contributed by atoms with Crippen LogP contribution in [0.15, 0.2) is 12.1 Å². The summed E-state index contributed by atoms with van der Waals surface area (Å²) in [6.07, 6.45) is 0. The molecule has 0 N–H and O–H groups in total. The third kappa shape index (κ3) is 2.53. The molecule has 0 amide bonds.